The van der Waals surface area contributed by atoms with Gasteiger partial charge in [0.25, 0.3) is 0 Å². The van der Waals surface area contributed by atoms with Crippen molar-refractivity contribution in [1.82, 2.24) is 15.2 Å². The van der Waals surface area contributed by atoms with Crippen LogP contribution in [0.25, 0.3) is 0 Å². The topological polar surface area (TPSA) is 28.2 Å². The fourth-order valence-electron chi connectivity index (χ4n) is 1.45. The van der Waals surface area contributed by atoms with Crippen molar-refractivity contribution in [2.45, 2.75) is 32.9 Å². The molecule has 0 aliphatic heterocycles. The fourth-order valence-corrected chi connectivity index (χ4v) is 1.45. The Hall–Kier alpha value is -0.930. The van der Waals surface area contributed by atoms with Gasteiger partial charge in [0.2, 0.25) is 0 Å². The summed E-state index contributed by atoms with van der Waals surface area (Å²) in [4.78, 5) is 6.67. The monoisotopic (exact) mass is 221 g/mol. The zero-order valence-electron chi connectivity index (χ0n) is 10.8. The van der Waals surface area contributed by atoms with E-state index in [4.69, 9.17) is 0 Å². The number of nitrogens with one attached hydrogen (secondary N) is 1. The van der Waals surface area contributed by atoms with Gasteiger partial charge in [-0.25, -0.2) is 0 Å². The summed E-state index contributed by atoms with van der Waals surface area (Å²) in [5, 5.41) is 3.48. The molecule has 0 amide bonds. The summed E-state index contributed by atoms with van der Waals surface area (Å²) in [5.74, 6) is 0. The van der Waals surface area contributed by atoms with Gasteiger partial charge in [0.05, 0.1) is 5.69 Å². The molecule has 0 spiro atoms. The minimum Gasteiger partial charge on any atom is -0.308 e. The molecule has 1 rings (SSSR count). The van der Waals surface area contributed by atoms with Crippen molar-refractivity contribution < 1.29 is 0 Å². The van der Waals surface area contributed by atoms with Crippen LogP contribution in [0.2, 0.25) is 0 Å². The Morgan fingerprint density at radius 2 is 2.06 bits per heavy atom. The van der Waals surface area contributed by atoms with Crippen molar-refractivity contribution in [3.05, 3.63) is 30.1 Å². The lowest BCUT2D eigenvalue weighted by molar-refractivity contribution is 0.269. The molecule has 3 nitrogen and oxygen atoms in total. The summed E-state index contributed by atoms with van der Waals surface area (Å²) in [6.45, 7) is 8.63. The molecule has 0 bridgehead atoms. The van der Waals surface area contributed by atoms with Crippen LogP contribution in [0.15, 0.2) is 24.4 Å². The average Bonchev–Trinajstić information content (AvgIpc) is 2.29. The number of pyridine rings is 1. The lowest BCUT2D eigenvalue weighted by Gasteiger charge is -2.22. The number of nitrogens with zero attached hydrogens (tertiary/aromatic N) is 2. The predicted molar refractivity (Wildman–Crippen MR) is 68.4 cm³/mol. The molecule has 1 unspecified atom stereocenters. The maximum absolute atomic E-state index is 4.34. The highest BCUT2D eigenvalue weighted by atomic mass is 15.1. The van der Waals surface area contributed by atoms with Gasteiger partial charge in [-0.15, -0.1) is 0 Å². The van der Waals surface area contributed by atoms with Gasteiger partial charge in [-0.1, -0.05) is 6.07 Å². The number of rotatable bonds is 6. The second-order valence-corrected chi connectivity index (χ2v) is 4.50. The van der Waals surface area contributed by atoms with Crippen LogP contribution in [-0.2, 0) is 0 Å². The first-order chi connectivity index (χ1) is 7.61. The lowest BCUT2D eigenvalue weighted by atomic mass is 10.2. The molecule has 1 aromatic rings. The van der Waals surface area contributed by atoms with Gasteiger partial charge in [-0.2, -0.15) is 0 Å². The molecule has 1 aromatic heterocycles. The molecule has 1 N–H and O–H groups in total. The first-order valence-corrected chi connectivity index (χ1v) is 5.96. The maximum atomic E-state index is 4.34. The highest BCUT2D eigenvalue weighted by Gasteiger charge is 2.06. The molecular formula is C13H23N3. The molecule has 1 heterocycles. The molecule has 0 saturated heterocycles. The van der Waals surface area contributed by atoms with E-state index in [1.165, 1.54) is 0 Å². The van der Waals surface area contributed by atoms with Gasteiger partial charge in [-0.05, 0) is 40.0 Å². The minimum absolute atomic E-state index is 0.321. The Balaban J connectivity index is 2.28. The zero-order valence-corrected chi connectivity index (χ0v) is 10.8. The van der Waals surface area contributed by atoms with Crippen LogP contribution in [-0.4, -0.2) is 36.1 Å². The second kappa shape index (κ2) is 6.61. The summed E-state index contributed by atoms with van der Waals surface area (Å²) < 4.78 is 0. The van der Waals surface area contributed by atoms with Crippen LogP contribution in [0.5, 0.6) is 0 Å². The van der Waals surface area contributed by atoms with E-state index >= 15 is 0 Å². The van der Waals surface area contributed by atoms with Crippen molar-refractivity contribution in [3.8, 4) is 0 Å². The van der Waals surface area contributed by atoms with Crippen molar-refractivity contribution >= 4 is 0 Å². The van der Waals surface area contributed by atoms with Crippen molar-refractivity contribution in [3.63, 3.8) is 0 Å². The zero-order chi connectivity index (χ0) is 12.0. The molecule has 1 atom stereocenters. The van der Waals surface area contributed by atoms with Crippen LogP contribution in [0.3, 0.4) is 0 Å². The van der Waals surface area contributed by atoms with Gasteiger partial charge in [0.1, 0.15) is 0 Å². The van der Waals surface area contributed by atoms with Crippen LogP contribution in [0.4, 0.5) is 0 Å². The largest absolute Gasteiger partial charge is 0.308 e. The molecule has 16 heavy (non-hydrogen) atoms. The summed E-state index contributed by atoms with van der Waals surface area (Å²) in [6, 6.07) is 6.96. The van der Waals surface area contributed by atoms with Crippen LogP contribution in [0, 0.1) is 0 Å². The minimum atomic E-state index is 0.321. The van der Waals surface area contributed by atoms with E-state index in [2.05, 4.69) is 49.1 Å². The number of aromatic nitrogens is 1. The van der Waals surface area contributed by atoms with Crippen LogP contribution >= 0.6 is 0 Å². The predicted octanol–water partition coefficient (Wildman–Crippen LogP) is 2.07. The SMILES string of the molecule is CC(NCCN(C)C(C)C)c1ccccn1. The van der Waals surface area contributed by atoms with Gasteiger partial charge in [-0.3, -0.25) is 4.98 Å². The quantitative estimate of drug-likeness (QED) is 0.797. The van der Waals surface area contributed by atoms with Gasteiger partial charge >= 0.3 is 0 Å². The summed E-state index contributed by atoms with van der Waals surface area (Å²) in [7, 11) is 2.15. The molecule has 3 heteroatoms. The Kier molecular flexibility index (Phi) is 5.43. The first-order valence-electron chi connectivity index (χ1n) is 5.96. The van der Waals surface area contributed by atoms with Crippen molar-refractivity contribution in [2.24, 2.45) is 0 Å². The molecule has 90 valence electrons. The highest BCUT2D eigenvalue weighted by molar-refractivity contribution is 5.07. The van der Waals surface area contributed by atoms with E-state index in [0.717, 1.165) is 18.8 Å². The third kappa shape index (κ3) is 4.29. The van der Waals surface area contributed by atoms with E-state index in [1.807, 2.05) is 18.3 Å². The normalized spacial score (nSPS) is 13.4. The molecule has 0 radical (unpaired) electrons. The van der Waals surface area contributed by atoms with Crippen molar-refractivity contribution in [1.29, 1.82) is 0 Å². The summed E-state index contributed by atoms with van der Waals surface area (Å²) in [6.07, 6.45) is 1.84. The molecule has 0 saturated carbocycles. The van der Waals surface area contributed by atoms with Gasteiger partial charge < -0.3 is 10.2 Å². The summed E-state index contributed by atoms with van der Waals surface area (Å²) in [5.41, 5.74) is 1.11. The van der Waals surface area contributed by atoms with Crippen LogP contribution < -0.4 is 5.32 Å². The van der Waals surface area contributed by atoms with E-state index in [9.17, 15) is 0 Å². The Bertz CT molecular complexity index is 284. The third-order valence-electron chi connectivity index (χ3n) is 2.93. The fraction of sp³-hybridized carbons (Fsp3) is 0.615. The number of likely N-dealkylation sites (N-methyl/N-ethyl adjacent to an activating group) is 1. The number of hydrogen-bond donors (Lipinski definition) is 1. The Morgan fingerprint density at radius 3 is 2.62 bits per heavy atom. The van der Waals surface area contributed by atoms with Gasteiger partial charge in [0.15, 0.2) is 0 Å². The van der Waals surface area contributed by atoms with Gasteiger partial charge in [0, 0.05) is 31.4 Å². The maximum Gasteiger partial charge on any atom is 0.0570 e. The molecule has 0 aliphatic carbocycles. The molecule has 0 fully saturated rings. The molecular weight excluding hydrogens is 198 g/mol. The van der Waals surface area contributed by atoms with E-state index in [-0.39, 0.29) is 0 Å². The third-order valence-corrected chi connectivity index (χ3v) is 2.93. The Labute approximate surface area is 98.9 Å². The highest BCUT2D eigenvalue weighted by Crippen LogP contribution is 2.07. The Morgan fingerprint density at radius 1 is 1.31 bits per heavy atom. The van der Waals surface area contributed by atoms with Crippen molar-refractivity contribution in [2.75, 3.05) is 20.1 Å². The smallest absolute Gasteiger partial charge is 0.0570 e. The van der Waals surface area contributed by atoms with E-state index < -0.39 is 0 Å². The number of hydrogen-bond acceptors (Lipinski definition) is 3. The second-order valence-electron chi connectivity index (χ2n) is 4.50. The van der Waals surface area contributed by atoms with E-state index in [0.29, 0.717) is 12.1 Å². The average molecular weight is 221 g/mol. The standard InChI is InChI=1S/C13H23N3/c1-11(2)16(4)10-9-14-12(3)13-7-5-6-8-15-13/h5-8,11-12,14H,9-10H2,1-4H3. The summed E-state index contributed by atoms with van der Waals surface area (Å²) >= 11 is 0. The molecule has 0 aliphatic rings. The lowest BCUT2D eigenvalue weighted by Crippen LogP contribution is -2.34. The van der Waals surface area contributed by atoms with E-state index in [1.54, 1.807) is 0 Å². The molecule has 0 aromatic carbocycles. The van der Waals surface area contributed by atoms with Crippen LogP contribution in [0.1, 0.15) is 32.5 Å². The first kappa shape index (κ1) is 13.1.